The highest BCUT2D eigenvalue weighted by molar-refractivity contribution is 7.89. The van der Waals surface area contributed by atoms with Gasteiger partial charge < -0.3 is 4.74 Å². The van der Waals surface area contributed by atoms with E-state index in [0.29, 0.717) is 18.8 Å². The molecule has 24 heavy (non-hydrogen) atoms. The zero-order chi connectivity index (χ0) is 17.5. The standard InChI is InChI=1S/C16H23N3O3S2/c1-11(2)19-10-15(16(17-19)14-6-5-7-23-14)24(20,21)18-8-12(3)22-13(4)9-18/h5-7,10-13H,8-9H2,1-4H3. The Kier molecular flexibility index (Phi) is 4.83. The normalized spacial score (nSPS) is 23.0. The molecule has 0 amide bonds. The van der Waals surface area contributed by atoms with Gasteiger partial charge in [-0.1, -0.05) is 6.07 Å². The molecule has 0 spiro atoms. The summed E-state index contributed by atoms with van der Waals surface area (Å²) < 4.78 is 35.4. The van der Waals surface area contributed by atoms with Gasteiger partial charge in [0, 0.05) is 25.3 Å². The molecule has 0 N–H and O–H groups in total. The number of rotatable bonds is 4. The molecule has 0 aliphatic carbocycles. The van der Waals surface area contributed by atoms with Crippen LogP contribution >= 0.6 is 11.3 Å². The van der Waals surface area contributed by atoms with E-state index in [1.807, 2.05) is 45.2 Å². The molecule has 3 heterocycles. The third-order valence-corrected chi connectivity index (χ3v) is 6.70. The van der Waals surface area contributed by atoms with E-state index in [9.17, 15) is 8.42 Å². The van der Waals surface area contributed by atoms with Gasteiger partial charge in [-0.25, -0.2) is 8.42 Å². The smallest absolute Gasteiger partial charge is 0.247 e. The summed E-state index contributed by atoms with van der Waals surface area (Å²) in [6, 6.07) is 3.90. The molecule has 1 aliphatic rings. The molecule has 1 saturated heterocycles. The average molecular weight is 370 g/mol. The quantitative estimate of drug-likeness (QED) is 0.831. The Morgan fingerprint density at radius 1 is 1.29 bits per heavy atom. The summed E-state index contributed by atoms with van der Waals surface area (Å²) in [5.41, 5.74) is 0.533. The van der Waals surface area contributed by atoms with Crippen molar-refractivity contribution in [2.24, 2.45) is 0 Å². The summed E-state index contributed by atoms with van der Waals surface area (Å²) in [7, 11) is -3.62. The van der Waals surface area contributed by atoms with Crippen molar-refractivity contribution in [3.05, 3.63) is 23.7 Å². The largest absolute Gasteiger partial charge is 0.373 e. The minimum Gasteiger partial charge on any atom is -0.373 e. The Bertz CT molecular complexity index is 787. The van der Waals surface area contributed by atoms with Crippen LogP contribution in [0.25, 0.3) is 10.6 Å². The molecule has 1 aliphatic heterocycles. The van der Waals surface area contributed by atoms with Crippen molar-refractivity contribution >= 4 is 21.4 Å². The fourth-order valence-corrected chi connectivity index (χ4v) is 5.39. The van der Waals surface area contributed by atoms with Crippen LogP contribution in [0.4, 0.5) is 0 Å². The molecule has 6 nitrogen and oxygen atoms in total. The van der Waals surface area contributed by atoms with Crippen molar-refractivity contribution in [3.63, 3.8) is 0 Å². The molecule has 0 aromatic carbocycles. The van der Waals surface area contributed by atoms with Crippen LogP contribution in [0.5, 0.6) is 0 Å². The van der Waals surface area contributed by atoms with Crippen LogP contribution in [0.2, 0.25) is 0 Å². The predicted octanol–water partition coefficient (Wildman–Crippen LogP) is 2.99. The lowest BCUT2D eigenvalue weighted by Gasteiger charge is -2.34. The van der Waals surface area contributed by atoms with E-state index in [4.69, 9.17) is 4.74 Å². The van der Waals surface area contributed by atoms with Gasteiger partial charge in [0.1, 0.15) is 10.6 Å². The number of nitrogens with zero attached hydrogens (tertiary/aromatic N) is 3. The van der Waals surface area contributed by atoms with Gasteiger partial charge in [0.05, 0.1) is 17.1 Å². The lowest BCUT2D eigenvalue weighted by Crippen LogP contribution is -2.48. The zero-order valence-corrected chi connectivity index (χ0v) is 16.0. The van der Waals surface area contributed by atoms with E-state index >= 15 is 0 Å². The van der Waals surface area contributed by atoms with Crippen molar-refractivity contribution in [1.82, 2.24) is 14.1 Å². The van der Waals surface area contributed by atoms with Crippen LogP contribution in [0, 0.1) is 0 Å². The molecular weight excluding hydrogens is 346 g/mol. The number of aromatic nitrogens is 2. The van der Waals surface area contributed by atoms with E-state index in [1.54, 1.807) is 10.9 Å². The topological polar surface area (TPSA) is 64.4 Å². The molecule has 1 fully saturated rings. The molecule has 132 valence electrons. The highest BCUT2D eigenvalue weighted by Crippen LogP contribution is 2.33. The van der Waals surface area contributed by atoms with E-state index in [1.165, 1.54) is 15.6 Å². The molecule has 2 aromatic rings. The number of sulfonamides is 1. The minimum atomic E-state index is -3.62. The van der Waals surface area contributed by atoms with Gasteiger partial charge in [-0.2, -0.15) is 9.40 Å². The lowest BCUT2D eigenvalue weighted by atomic mass is 10.3. The average Bonchev–Trinajstić information content (AvgIpc) is 3.15. The maximum absolute atomic E-state index is 13.3. The summed E-state index contributed by atoms with van der Waals surface area (Å²) >= 11 is 1.50. The Morgan fingerprint density at radius 2 is 1.96 bits per heavy atom. The fraction of sp³-hybridized carbons (Fsp3) is 0.562. The van der Waals surface area contributed by atoms with Crippen LogP contribution in [0.1, 0.15) is 33.7 Å². The minimum absolute atomic E-state index is 0.0928. The predicted molar refractivity (Wildman–Crippen MR) is 94.7 cm³/mol. The third-order valence-electron chi connectivity index (χ3n) is 3.99. The maximum Gasteiger partial charge on any atom is 0.247 e. The van der Waals surface area contributed by atoms with Crippen molar-refractivity contribution in [2.75, 3.05) is 13.1 Å². The number of morpholine rings is 1. The maximum atomic E-state index is 13.3. The van der Waals surface area contributed by atoms with E-state index < -0.39 is 10.0 Å². The molecule has 2 aromatic heterocycles. The lowest BCUT2D eigenvalue weighted by molar-refractivity contribution is -0.0440. The molecule has 0 saturated carbocycles. The molecule has 2 atom stereocenters. The number of ether oxygens (including phenoxy) is 1. The number of hydrogen-bond acceptors (Lipinski definition) is 5. The zero-order valence-electron chi connectivity index (χ0n) is 14.3. The van der Waals surface area contributed by atoms with Gasteiger partial charge in [0.2, 0.25) is 10.0 Å². The van der Waals surface area contributed by atoms with Crippen LogP contribution < -0.4 is 0 Å². The summed E-state index contributed by atoms with van der Waals surface area (Å²) in [5.74, 6) is 0. The Hall–Kier alpha value is -1.22. The van der Waals surface area contributed by atoms with Crippen molar-refractivity contribution in [1.29, 1.82) is 0 Å². The molecule has 3 rings (SSSR count). The Balaban J connectivity index is 2.07. The van der Waals surface area contributed by atoms with E-state index in [2.05, 4.69) is 5.10 Å². The second-order valence-electron chi connectivity index (χ2n) is 6.47. The van der Waals surface area contributed by atoms with Crippen LogP contribution in [-0.2, 0) is 14.8 Å². The van der Waals surface area contributed by atoms with Gasteiger partial charge in [-0.15, -0.1) is 11.3 Å². The highest BCUT2D eigenvalue weighted by Gasteiger charge is 2.35. The highest BCUT2D eigenvalue weighted by atomic mass is 32.2. The van der Waals surface area contributed by atoms with E-state index in [-0.39, 0.29) is 23.1 Å². The second kappa shape index (κ2) is 6.59. The first-order valence-corrected chi connectivity index (χ1v) is 10.4. The van der Waals surface area contributed by atoms with Crippen LogP contribution in [0.3, 0.4) is 0 Å². The summed E-state index contributed by atoms with van der Waals surface area (Å²) in [6.07, 6.45) is 1.42. The Labute approximate surface area is 147 Å². The molecule has 0 radical (unpaired) electrons. The Morgan fingerprint density at radius 3 is 2.50 bits per heavy atom. The van der Waals surface area contributed by atoms with Crippen molar-refractivity contribution < 1.29 is 13.2 Å². The van der Waals surface area contributed by atoms with Gasteiger partial charge >= 0.3 is 0 Å². The monoisotopic (exact) mass is 369 g/mol. The van der Waals surface area contributed by atoms with Crippen LogP contribution in [-0.4, -0.2) is 47.8 Å². The van der Waals surface area contributed by atoms with Crippen molar-refractivity contribution in [3.8, 4) is 10.6 Å². The molecular formula is C16H23N3O3S2. The summed E-state index contributed by atoms with van der Waals surface area (Å²) in [6.45, 7) is 8.50. The number of thiophene rings is 1. The SMILES string of the molecule is CC1CN(S(=O)(=O)c2cn(C(C)C)nc2-c2cccs2)CC(C)O1. The summed E-state index contributed by atoms with van der Waals surface area (Å²) in [4.78, 5) is 1.14. The molecule has 8 heteroatoms. The van der Waals surface area contributed by atoms with Gasteiger partial charge in [0.15, 0.2) is 0 Å². The van der Waals surface area contributed by atoms with Gasteiger partial charge in [0.25, 0.3) is 0 Å². The fourth-order valence-electron chi connectivity index (χ4n) is 2.88. The van der Waals surface area contributed by atoms with Gasteiger partial charge in [-0.3, -0.25) is 4.68 Å². The van der Waals surface area contributed by atoms with Crippen molar-refractivity contribution in [2.45, 2.75) is 50.8 Å². The van der Waals surface area contributed by atoms with E-state index in [0.717, 1.165) is 4.88 Å². The second-order valence-corrected chi connectivity index (χ2v) is 9.33. The number of hydrogen-bond donors (Lipinski definition) is 0. The first kappa shape index (κ1) is 17.6. The summed E-state index contributed by atoms with van der Waals surface area (Å²) in [5, 5.41) is 6.47. The third kappa shape index (κ3) is 3.28. The van der Waals surface area contributed by atoms with Crippen LogP contribution in [0.15, 0.2) is 28.6 Å². The molecule has 2 unspecified atom stereocenters. The van der Waals surface area contributed by atoms with Gasteiger partial charge in [-0.05, 0) is 39.1 Å². The molecule has 0 bridgehead atoms. The first-order valence-electron chi connectivity index (χ1n) is 8.07. The first-order chi connectivity index (χ1) is 11.3.